The van der Waals surface area contributed by atoms with Gasteiger partial charge in [-0.1, -0.05) is 0 Å². The molecule has 0 fully saturated rings. The molecule has 0 saturated heterocycles. The van der Waals surface area contributed by atoms with Gasteiger partial charge in [-0.3, -0.25) is 9.59 Å². The van der Waals surface area contributed by atoms with E-state index in [1.807, 2.05) is 13.2 Å². The predicted octanol–water partition coefficient (Wildman–Crippen LogP) is 0.944. The van der Waals surface area contributed by atoms with Gasteiger partial charge in [0.25, 0.3) is 5.91 Å². The minimum atomic E-state index is -0.312. The number of carbonyl (C=O) groups is 2. The number of rotatable bonds is 6. The molecule has 0 bridgehead atoms. The standard InChI is InChI=1S/C11H17N3O3S2/c1-6(9(4-15)18-3)12-10(17)8-5-19-11(14-8)13-7(2)16/h5-6,9,15H,4H2,1-3H3,(H,12,17)(H,13,14,16). The number of thioether (sulfide) groups is 1. The molecule has 0 aromatic carbocycles. The van der Waals surface area contributed by atoms with Crippen LogP contribution in [0.2, 0.25) is 0 Å². The Bertz CT molecular complexity index is 446. The van der Waals surface area contributed by atoms with Crippen LogP contribution in [0.4, 0.5) is 5.13 Å². The minimum absolute atomic E-state index is 0.00315. The lowest BCUT2D eigenvalue weighted by atomic mass is 10.2. The maximum absolute atomic E-state index is 11.9. The van der Waals surface area contributed by atoms with Gasteiger partial charge in [-0.15, -0.1) is 11.3 Å². The van der Waals surface area contributed by atoms with Crippen molar-refractivity contribution < 1.29 is 14.7 Å². The minimum Gasteiger partial charge on any atom is -0.395 e. The molecule has 0 spiro atoms. The second-order valence-electron chi connectivity index (χ2n) is 3.94. The van der Waals surface area contributed by atoms with E-state index in [1.165, 1.54) is 30.0 Å². The lowest BCUT2D eigenvalue weighted by Gasteiger charge is -2.20. The number of nitrogens with one attached hydrogen (secondary N) is 2. The summed E-state index contributed by atoms with van der Waals surface area (Å²) in [6.07, 6.45) is 1.88. The smallest absolute Gasteiger partial charge is 0.271 e. The molecule has 8 heteroatoms. The van der Waals surface area contributed by atoms with E-state index >= 15 is 0 Å². The summed E-state index contributed by atoms with van der Waals surface area (Å²) >= 11 is 2.68. The summed E-state index contributed by atoms with van der Waals surface area (Å²) in [5.74, 6) is -0.537. The molecule has 0 saturated carbocycles. The van der Waals surface area contributed by atoms with E-state index in [2.05, 4.69) is 15.6 Å². The molecule has 3 N–H and O–H groups in total. The number of aliphatic hydroxyl groups excluding tert-OH is 1. The van der Waals surface area contributed by atoms with Crippen molar-refractivity contribution >= 4 is 40.0 Å². The molecule has 106 valence electrons. The van der Waals surface area contributed by atoms with Gasteiger partial charge in [-0.2, -0.15) is 11.8 Å². The summed E-state index contributed by atoms with van der Waals surface area (Å²) in [6, 6.07) is -0.168. The van der Waals surface area contributed by atoms with Crippen molar-refractivity contribution in [2.75, 3.05) is 18.2 Å². The second-order valence-corrected chi connectivity index (χ2v) is 5.87. The average molecular weight is 303 g/mol. The summed E-state index contributed by atoms with van der Waals surface area (Å²) in [6.45, 7) is 3.21. The number of aromatic nitrogens is 1. The molecule has 0 aliphatic rings. The van der Waals surface area contributed by atoms with Gasteiger partial charge in [0.15, 0.2) is 5.13 Å². The third kappa shape index (κ3) is 4.81. The van der Waals surface area contributed by atoms with E-state index in [4.69, 9.17) is 5.11 Å². The highest BCUT2D eigenvalue weighted by Crippen LogP contribution is 2.16. The summed E-state index contributed by atoms with van der Waals surface area (Å²) < 4.78 is 0. The monoisotopic (exact) mass is 303 g/mol. The first-order valence-corrected chi connectivity index (χ1v) is 7.82. The molecule has 19 heavy (non-hydrogen) atoms. The molecule has 2 unspecified atom stereocenters. The van der Waals surface area contributed by atoms with E-state index in [-0.39, 0.29) is 35.4 Å². The summed E-state index contributed by atoms with van der Waals surface area (Å²) in [5.41, 5.74) is 0.262. The van der Waals surface area contributed by atoms with E-state index in [1.54, 1.807) is 5.38 Å². The summed E-state index contributed by atoms with van der Waals surface area (Å²) in [4.78, 5) is 26.8. The van der Waals surface area contributed by atoms with Crippen LogP contribution in [-0.2, 0) is 4.79 Å². The number of nitrogens with zero attached hydrogens (tertiary/aromatic N) is 1. The van der Waals surface area contributed by atoms with Crippen LogP contribution in [0.3, 0.4) is 0 Å². The molecule has 0 aliphatic carbocycles. The molecular formula is C11H17N3O3S2. The van der Waals surface area contributed by atoms with Gasteiger partial charge in [0.1, 0.15) is 5.69 Å². The molecular weight excluding hydrogens is 286 g/mol. The number of hydrogen-bond donors (Lipinski definition) is 3. The molecule has 0 aliphatic heterocycles. The Morgan fingerprint density at radius 1 is 1.58 bits per heavy atom. The Kier molecular flexibility index (Phi) is 6.26. The second kappa shape index (κ2) is 7.46. The quantitative estimate of drug-likeness (QED) is 0.727. The van der Waals surface area contributed by atoms with Crippen molar-refractivity contribution in [3.05, 3.63) is 11.1 Å². The van der Waals surface area contributed by atoms with E-state index in [0.717, 1.165) is 0 Å². The normalized spacial score (nSPS) is 13.7. The lowest BCUT2D eigenvalue weighted by molar-refractivity contribution is -0.114. The van der Waals surface area contributed by atoms with Crippen molar-refractivity contribution in [1.82, 2.24) is 10.3 Å². The molecule has 1 rings (SSSR count). The maximum atomic E-state index is 11.9. The average Bonchev–Trinajstić information content (AvgIpc) is 2.78. The molecule has 6 nitrogen and oxygen atoms in total. The molecule has 0 radical (unpaired) electrons. The van der Waals surface area contributed by atoms with Crippen LogP contribution in [0.25, 0.3) is 0 Å². The predicted molar refractivity (Wildman–Crippen MR) is 77.7 cm³/mol. The first-order valence-electron chi connectivity index (χ1n) is 5.65. The molecule has 1 aromatic rings. The van der Waals surface area contributed by atoms with Crippen LogP contribution in [0, 0.1) is 0 Å². The summed E-state index contributed by atoms with van der Waals surface area (Å²) in [7, 11) is 0. The van der Waals surface area contributed by atoms with Crippen molar-refractivity contribution in [2.24, 2.45) is 0 Å². The fourth-order valence-corrected chi connectivity index (χ4v) is 2.76. The van der Waals surface area contributed by atoms with Crippen molar-refractivity contribution in [3.8, 4) is 0 Å². The van der Waals surface area contributed by atoms with E-state index < -0.39 is 0 Å². The topological polar surface area (TPSA) is 91.3 Å². The largest absolute Gasteiger partial charge is 0.395 e. The van der Waals surface area contributed by atoms with Crippen molar-refractivity contribution in [2.45, 2.75) is 25.1 Å². The Labute approximate surface area is 120 Å². The first kappa shape index (κ1) is 15.9. The van der Waals surface area contributed by atoms with Gasteiger partial charge < -0.3 is 15.7 Å². The van der Waals surface area contributed by atoms with Crippen LogP contribution in [0.15, 0.2) is 5.38 Å². The third-order valence-electron chi connectivity index (χ3n) is 2.42. The highest BCUT2D eigenvalue weighted by molar-refractivity contribution is 7.99. The molecule has 1 aromatic heterocycles. The Morgan fingerprint density at radius 2 is 2.26 bits per heavy atom. The van der Waals surface area contributed by atoms with Crippen LogP contribution < -0.4 is 10.6 Å². The Balaban J connectivity index is 2.62. The van der Waals surface area contributed by atoms with Crippen LogP contribution >= 0.6 is 23.1 Å². The zero-order valence-electron chi connectivity index (χ0n) is 11.0. The highest BCUT2D eigenvalue weighted by Gasteiger charge is 2.19. The summed E-state index contributed by atoms with van der Waals surface area (Å²) in [5, 5.41) is 16.4. The fraction of sp³-hybridized carbons (Fsp3) is 0.545. The van der Waals surface area contributed by atoms with Gasteiger partial charge in [0, 0.05) is 23.6 Å². The highest BCUT2D eigenvalue weighted by atomic mass is 32.2. The van der Waals surface area contributed by atoms with Gasteiger partial charge in [0.2, 0.25) is 5.91 Å². The number of aliphatic hydroxyl groups is 1. The number of amides is 2. The van der Waals surface area contributed by atoms with Crippen LogP contribution in [0.1, 0.15) is 24.3 Å². The molecule has 1 heterocycles. The molecule has 2 atom stereocenters. The number of anilines is 1. The fourth-order valence-electron chi connectivity index (χ4n) is 1.40. The number of hydrogen-bond acceptors (Lipinski definition) is 6. The Morgan fingerprint density at radius 3 is 2.79 bits per heavy atom. The SMILES string of the molecule is CSC(CO)C(C)NC(=O)c1csc(NC(C)=O)n1. The van der Waals surface area contributed by atoms with Crippen molar-refractivity contribution in [1.29, 1.82) is 0 Å². The van der Waals surface area contributed by atoms with Gasteiger partial charge >= 0.3 is 0 Å². The van der Waals surface area contributed by atoms with Gasteiger partial charge in [-0.05, 0) is 13.2 Å². The molecule has 2 amide bonds. The Hall–Kier alpha value is -1.12. The van der Waals surface area contributed by atoms with E-state index in [9.17, 15) is 9.59 Å². The van der Waals surface area contributed by atoms with Crippen LogP contribution in [0.5, 0.6) is 0 Å². The van der Waals surface area contributed by atoms with Gasteiger partial charge in [0.05, 0.1) is 6.61 Å². The van der Waals surface area contributed by atoms with Gasteiger partial charge in [-0.25, -0.2) is 4.98 Å². The lowest BCUT2D eigenvalue weighted by Crippen LogP contribution is -2.41. The van der Waals surface area contributed by atoms with E-state index in [0.29, 0.717) is 5.13 Å². The van der Waals surface area contributed by atoms with Crippen LogP contribution in [-0.4, -0.2) is 46.1 Å². The third-order valence-corrected chi connectivity index (χ3v) is 4.34. The zero-order valence-corrected chi connectivity index (χ0v) is 12.6. The zero-order chi connectivity index (χ0) is 14.4. The maximum Gasteiger partial charge on any atom is 0.271 e. The first-order chi connectivity index (χ1) is 8.97. The number of thiazole rings is 1. The van der Waals surface area contributed by atoms with Crippen molar-refractivity contribution in [3.63, 3.8) is 0 Å². The number of carbonyl (C=O) groups excluding carboxylic acids is 2.